The van der Waals surface area contributed by atoms with Gasteiger partial charge in [-0.15, -0.1) is 0 Å². The van der Waals surface area contributed by atoms with E-state index in [2.05, 4.69) is 4.90 Å². The van der Waals surface area contributed by atoms with Crippen LogP contribution in [0.25, 0.3) is 0 Å². The van der Waals surface area contributed by atoms with Crippen LogP contribution in [-0.4, -0.2) is 37.5 Å². The van der Waals surface area contributed by atoms with Gasteiger partial charge in [-0.25, -0.2) is 4.39 Å². The van der Waals surface area contributed by atoms with Crippen LogP contribution in [0.3, 0.4) is 0 Å². The molecule has 0 bridgehead atoms. The number of halogens is 1. The minimum Gasteiger partial charge on any atom is -0.394 e. The Balaban J connectivity index is 1.92. The molecule has 1 heterocycles. The van der Waals surface area contributed by atoms with E-state index in [0.717, 1.165) is 31.6 Å². The fourth-order valence-corrected chi connectivity index (χ4v) is 2.40. The van der Waals surface area contributed by atoms with Crippen molar-refractivity contribution in [3.8, 4) is 0 Å². The van der Waals surface area contributed by atoms with Crippen molar-refractivity contribution in [1.82, 2.24) is 0 Å². The first-order valence-corrected chi connectivity index (χ1v) is 6.70. The Morgan fingerprint density at radius 2 is 2.11 bits per heavy atom. The standard InChI is InChI=1S/C14H21FN2O2/c15-14-9-12(2-1-11(14)10-16)17-5-3-13(4-6-17)19-8-7-18/h1-2,9,13,18H,3-8,10,16H2. The molecule has 0 aromatic heterocycles. The zero-order valence-electron chi connectivity index (χ0n) is 11.0. The second-order valence-electron chi connectivity index (χ2n) is 4.76. The number of ether oxygens (including phenoxy) is 1. The predicted octanol–water partition coefficient (Wildman–Crippen LogP) is 1.26. The van der Waals surface area contributed by atoms with Gasteiger partial charge in [0.1, 0.15) is 5.82 Å². The Kier molecular flexibility index (Phi) is 5.13. The molecule has 4 nitrogen and oxygen atoms in total. The van der Waals surface area contributed by atoms with Crippen molar-refractivity contribution >= 4 is 5.69 Å². The maximum Gasteiger partial charge on any atom is 0.129 e. The number of anilines is 1. The van der Waals surface area contributed by atoms with Crippen LogP contribution in [0, 0.1) is 5.82 Å². The maximum absolute atomic E-state index is 13.7. The SMILES string of the molecule is NCc1ccc(N2CCC(OCCO)CC2)cc1F. The number of piperidine rings is 1. The van der Waals surface area contributed by atoms with Gasteiger partial charge in [-0.3, -0.25) is 0 Å². The van der Waals surface area contributed by atoms with Crippen LogP contribution in [0.1, 0.15) is 18.4 Å². The summed E-state index contributed by atoms with van der Waals surface area (Å²) in [5.41, 5.74) is 6.90. The van der Waals surface area contributed by atoms with Crippen LogP contribution in [0.4, 0.5) is 10.1 Å². The van der Waals surface area contributed by atoms with E-state index in [-0.39, 0.29) is 25.1 Å². The van der Waals surface area contributed by atoms with E-state index in [1.54, 1.807) is 12.1 Å². The molecule has 0 spiro atoms. The van der Waals surface area contributed by atoms with E-state index < -0.39 is 0 Å². The second-order valence-corrected chi connectivity index (χ2v) is 4.76. The van der Waals surface area contributed by atoms with Crippen molar-refractivity contribution in [3.05, 3.63) is 29.6 Å². The summed E-state index contributed by atoms with van der Waals surface area (Å²) in [5, 5.41) is 8.72. The third-order valence-electron chi connectivity index (χ3n) is 3.51. The molecule has 0 amide bonds. The fraction of sp³-hybridized carbons (Fsp3) is 0.571. The number of rotatable bonds is 5. The smallest absolute Gasteiger partial charge is 0.129 e. The van der Waals surface area contributed by atoms with Crippen molar-refractivity contribution in [3.63, 3.8) is 0 Å². The molecular weight excluding hydrogens is 247 g/mol. The number of hydrogen-bond acceptors (Lipinski definition) is 4. The zero-order valence-corrected chi connectivity index (χ0v) is 11.0. The molecule has 0 radical (unpaired) electrons. The molecule has 0 aliphatic carbocycles. The maximum atomic E-state index is 13.7. The lowest BCUT2D eigenvalue weighted by molar-refractivity contribution is 0.0159. The molecule has 1 aliphatic heterocycles. The first-order chi connectivity index (χ1) is 9.24. The first-order valence-electron chi connectivity index (χ1n) is 6.70. The van der Waals surface area contributed by atoms with E-state index in [4.69, 9.17) is 15.6 Å². The Bertz CT molecular complexity index is 406. The van der Waals surface area contributed by atoms with Gasteiger partial charge in [0.15, 0.2) is 0 Å². The fourth-order valence-electron chi connectivity index (χ4n) is 2.40. The topological polar surface area (TPSA) is 58.7 Å². The minimum atomic E-state index is -0.237. The van der Waals surface area contributed by atoms with E-state index in [9.17, 15) is 4.39 Å². The van der Waals surface area contributed by atoms with Crippen molar-refractivity contribution in [2.24, 2.45) is 5.73 Å². The van der Waals surface area contributed by atoms with Crippen LogP contribution in [0.15, 0.2) is 18.2 Å². The number of aliphatic hydroxyl groups is 1. The molecule has 2 rings (SSSR count). The zero-order chi connectivity index (χ0) is 13.7. The predicted molar refractivity (Wildman–Crippen MR) is 72.6 cm³/mol. The van der Waals surface area contributed by atoms with Crippen LogP contribution < -0.4 is 10.6 Å². The Morgan fingerprint density at radius 3 is 2.68 bits per heavy atom. The number of nitrogens with zero attached hydrogens (tertiary/aromatic N) is 1. The summed E-state index contributed by atoms with van der Waals surface area (Å²) in [6, 6.07) is 5.22. The van der Waals surface area contributed by atoms with Crippen LogP contribution >= 0.6 is 0 Å². The molecule has 106 valence electrons. The van der Waals surface area contributed by atoms with E-state index in [1.165, 1.54) is 0 Å². The lowest BCUT2D eigenvalue weighted by Gasteiger charge is -2.33. The number of nitrogens with two attached hydrogens (primary N) is 1. The lowest BCUT2D eigenvalue weighted by Crippen LogP contribution is -2.37. The highest BCUT2D eigenvalue weighted by Gasteiger charge is 2.20. The first kappa shape index (κ1) is 14.2. The summed E-state index contributed by atoms with van der Waals surface area (Å²) in [6.07, 6.45) is 2.01. The number of benzene rings is 1. The largest absolute Gasteiger partial charge is 0.394 e. The molecule has 19 heavy (non-hydrogen) atoms. The highest BCUT2D eigenvalue weighted by Crippen LogP contribution is 2.23. The Labute approximate surface area is 113 Å². The third-order valence-corrected chi connectivity index (χ3v) is 3.51. The van der Waals surface area contributed by atoms with Gasteiger partial charge in [-0.05, 0) is 25.0 Å². The van der Waals surface area contributed by atoms with Crippen molar-refractivity contribution < 1.29 is 14.2 Å². The van der Waals surface area contributed by atoms with Gasteiger partial charge < -0.3 is 20.5 Å². The summed E-state index contributed by atoms with van der Waals surface area (Å²) in [7, 11) is 0. The third kappa shape index (κ3) is 3.65. The van der Waals surface area contributed by atoms with Crippen molar-refractivity contribution in [1.29, 1.82) is 0 Å². The molecule has 0 atom stereocenters. The van der Waals surface area contributed by atoms with Crippen molar-refractivity contribution in [2.45, 2.75) is 25.5 Å². The Hall–Kier alpha value is -1.17. The van der Waals surface area contributed by atoms with Gasteiger partial charge in [-0.2, -0.15) is 0 Å². The molecule has 0 saturated carbocycles. The quantitative estimate of drug-likeness (QED) is 0.844. The molecule has 1 aromatic rings. The van der Waals surface area contributed by atoms with Gasteiger partial charge in [0.2, 0.25) is 0 Å². The molecule has 1 saturated heterocycles. The molecule has 1 aromatic carbocycles. The van der Waals surface area contributed by atoms with E-state index in [0.29, 0.717) is 12.2 Å². The summed E-state index contributed by atoms with van der Waals surface area (Å²) >= 11 is 0. The summed E-state index contributed by atoms with van der Waals surface area (Å²) in [5.74, 6) is -0.237. The Morgan fingerprint density at radius 1 is 1.37 bits per heavy atom. The van der Waals surface area contributed by atoms with Crippen LogP contribution in [0.5, 0.6) is 0 Å². The molecule has 5 heteroatoms. The van der Waals surface area contributed by atoms with E-state index >= 15 is 0 Å². The van der Waals surface area contributed by atoms with Gasteiger partial charge in [0, 0.05) is 30.9 Å². The molecule has 3 N–H and O–H groups in total. The lowest BCUT2D eigenvalue weighted by atomic mass is 10.1. The number of aliphatic hydroxyl groups excluding tert-OH is 1. The van der Waals surface area contributed by atoms with Crippen LogP contribution in [0.2, 0.25) is 0 Å². The number of hydrogen-bond donors (Lipinski definition) is 2. The van der Waals surface area contributed by atoms with Crippen LogP contribution in [-0.2, 0) is 11.3 Å². The highest BCUT2D eigenvalue weighted by molar-refractivity contribution is 5.48. The summed E-state index contributed by atoms with van der Waals surface area (Å²) < 4.78 is 19.2. The monoisotopic (exact) mass is 268 g/mol. The van der Waals surface area contributed by atoms with Crippen molar-refractivity contribution in [2.75, 3.05) is 31.2 Å². The summed E-state index contributed by atoms with van der Waals surface area (Å²) in [6.45, 7) is 2.37. The van der Waals surface area contributed by atoms with Gasteiger partial charge in [-0.1, -0.05) is 6.07 Å². The van der Waals surface area contributed by atoms with Gasteiger partial charge in [0.05, 0.1) is 19.3 Å². The average molecular weight is 268 g/mol. The molecule has 0 unspecified atom stereocenters. The van der Waals surface area contributed by atoms with Gasteiger partial charge in [0.25, 0.3) is 0 Å². The molecule has 1 aliphatic rings. The molecular formula is C14H21FN2O2. The van der Waals surface area contributed by atoms with E-state index in [1.807, 2.05) is 6.07 Å². The normalized spacial score (nSPS) is 16.9. The van der Waals surface area contributed by atoms with Gasteiger partial charge >= 0.3 is 0 Å². The minimum absolute atomic E-state index is 0.0615. The average Bonchev–Trinajstić information content (AvgIpc) is 2.45. The second kappa shape index (κ2) is 6.84. The molecule has 1 fully saturated rings. The highest BCUT2D eigenvalue weighted by atomic mass is 19.1. The summed E-state index contributed by atoms with van der Waals surface area (Å²) in [4.78, 5) is 2.15.